The van der Waals surface area contributed by atoms with Crippen LogP contribution in [0.2, 0.25) is 0 Å². The maximum absolute atomic E-state index is 9.37. The summed E-state index contributed by atoms with van der Waals surface area (Å²) in [5.41, 5.74) is 2.62. The predicted octanol–water partition coefficient (Wildman–Crippen LogP) is 2.55. The lowest BCUT2D eigenvalue weighted by Crippen LogP contribution is -2.46. The number of aromatic nitrogens is 3. The molecular formula is C19H20N6O. The molecule has 1 saturated heterocycles. The lowest BCUT2D eigenvalue weighted by molar-refractivity contribution is 0.206. The van der Waals surface area contributed by atoms with Gasteiger partial charge in [-0.25, -0.2) is 9.97 Å². The minimum atomic E-state index is 0.423. The van der Waals surface area contributed by atoms with Gasteiger partial charge in [0.05, 0.1) is 24.0 Å². The van der Waals surface area contributed by atoms with E-state index in [1.165, 1.54) is 0 Å². The van der Waals surface area contributed by atoms with Gasteiger partial charge in [-0.2, -0.15) is 5.26 Å². The van der Waals surface area contributed by atoms with Gasteiger partial charge in [0, 0.05) is 32.1 Å². The zero-order valence-electron chi connectivity index (χ0n) is 14.5. The number of nitrogens with zero attached hydrogens (tertiary/aromatic N) is 6. The Morgan fingerprint density at radius 1 is 1.15 bits per heavy atom. The molecule has 0 unspecified atom stereocenters. The van der Waals surface area contributed by atoms with Crippen LogP contribution >= 0.6 is 0 Å². The maximum Gasteiger partial charge on any atom is 0.234 e. The Labute approximate surface area is 151 Å². The van der Waals surface area contributed by atoms with Gasteiger partial charge in [0.25, 0.3) is 0 Å². The van der Waals surface area contributed by atoms with Crippen molar-refractivity contribution in [2.75, 3.05) is 31.1 Å². The van der Waals surface area contributed by atoms with Crippen LogP contribution in [-0.4, -0.2) is 45.6 Å². The van der Waals surface area contributed by atoms with Gasteiger partial charge >= 0.3 is 0 Å². The number of piperazine rings is 1. The summed E-state index contributed by atoms with van der Waals surface area (Å²) in [7, 11) is 0. The molecule has 2 fully saturated rings. The van der Waals surface area contributed by atoms with E-state index in [0.717, 1.165) is 62.6 Å². The van der Waals surface area contributed by atoms with E-state index in [9.17, 15) is 5.26 Å². The summed E-state index contributed by atoms with van der Waals surface area (Å²) < 4.78 is 8.11. The molecule has 2 aliphatic rings. The summed E-state index contributed by atoms with van der Waals surface area (Å²) in [6.07, 6.45) is 4.15. The van der Waals surface area contributed by atoms with Crippen LogP contribution in [0.15, 0.2) is 35.0 Å². The first kappa shape index (κ1) is 15.4. The van der Waals surface area contributed by atoms with E-state index in [1.54, 1.807) is 0 Å². The molecule has 1 aromatic carbocycles. The van der Waals surface area contributed by atoms with E-state index in [1.807, 2.05) is 24.5 Å². The Balaban J connectivity index is 1.27. The van der Waals surface area contributed by atoms with E-state index >= 15 is 0 Å². The SMILES string of the molecule is N#Cc1nc(C2CC2)oc1N1CCN(Cn2cnc3ccccc32)CC1. The van der Waals surface area contributed by atoms with E-state index in [0.29, 0.717) is 17.5 Å². The molecule has 0 atom stereocenters. The molecule has 5 rings (SSSR count). The van der Waals surface area contributed by atoms with Crippen molar-refractivity contribution in [3.8, 4) is 6.07 Å². The van der Waals surface area contributed by atoms with Crippen molar-refractivity contribution in [2.45, 2.75) is 25.4 Å². The lowest BCUT2D eigenvalue weighted by atomic mass is 10.3. The van der Waals surface area contributed by atoms with E-state index in [2.05, 4.69) is 36.5 Å². The van der Waals surface area contributed by atoms with Gasteiger partial charge in [0.2, 0.25) is 17.5 Å². The fourth-order valence-electron chi connectivity index (χ4n) is 3.55. The molecule has 0 spiro atoms. The highest BCUT2D eigenvalue weighted by Crippen LogP contribution is 2.41. The van der Waals surface area contributed by atoms with Gasteiger partial charge < -0.3 is 13.9 Å². The number of fused-ring (bicyclic) bond motifs is 1. The Morgan fingerprint density at radius 2 is 1.96 bits per heavy atom. The largest absolute Gasteiger partial charge is 0.423 e. The third kappa shape index (κ3) is 2.72. The van der Waals surface area contributed by atoms with Crippen molar-refractivity contribution >= 4 is 16.9 Å². The highest BCUT2D eigenvalue weighted by molar-refractivity contribution is 5.74. The molecule has 1 aliphatic heterocycles. The predicted molar refractivity (Wildman–Crippen MR) is 96.7 cm³/mol. The molecule has 7 heteroatoms. The van der Waals surface area contributed by atoms with Crippen molar-refractivity contribution < 1.29 is 4.42 Å². The quantitative estimate of drug-likeness (QED) is 0.721. The number of oxazole rings is 1. The number of anilines is 1. The van der Waals surface area contributed by atoms with Crippen LogP contribution in [0.1, 0.15) is 30.3 Å². The number of imidazole rings is 1. The normalized spacial score (nSPS) is 18.3. The maximum atomic E-state index is 9.37. The minimum Gasteiger partial charge on any atom is -0.423 e. The first-order valence-corrected chi connectivity index (χ1v) is 9.10. The summed E-state index contributed by atoms with van der Waals surface area (Å²) in [5.74, 6) is 1.82. The fourth-order valence-corrected chi connectivity index (χ4v) is 3.55. The zero-order chi connectivity index (χ0) is 17.5. The van der Waals surface area contributed by atoms with Gasteiger partial charge in [-0.15, -0.1) is 0 Å². The molecule has 0 amide bonds. The van der Waals surface area contributed by atoms with Gasteiger partial charge in [-0.05, 0) is 25.0 Å². The molecule has 26 heavy (non-hydrogen) atoms. The van der Waals surface area contributed by atoms with Crippen molar-refractivity contribution in [3.05, 3.63) is 42.2 Å². The molecule has 132 valence electrons. The number of para-hydroxylation sites is 2. The Bertz CT molecular complexity index is 971. The first-order valence-electron chi connectivity index (χ1n) is 9.10. The van der Waals surface area contributed by atoms with Crippen LogP contribution in [0, 0.1) is 11.3 Å². The number of hydrogen-bond acceptors (Lipinski definition) is 6. The van der Waals surface area contributed by atoms with Gasteiger partial charge in [-0.3, -0.25) is 4.90 Å². The summed E-state index contributed by atoms with van der Waals surface area (Å²) in [6.45, 7) is 4.32. The smallest absolute Gasteiger partial charge is 0.234 e. The van der Waals surface area contributed by atoms with Crippen LogP contribution in [0.25, 0.3) is 11.0 Å². The standard InChI is InChI=1S/C19H20N6O/c20-11-16-19(26-18(22-16)14-5-6-14)24-9-7-23(8-10-24)13-25-12-21-15-3-1-2-4-17(15)25/h1-4,12,14H,5-10,13H2. The lowest BCUT2D eigenvalue weighted by Gasteiger charge is -2.34. The molecule has 3 aromatic rings. The van der Waals surface area contributed by atoms with Crippen molar-refractivity contribution in [2.24, 2.45) is 0 Å². The number of rotatable bonds is 4. The molecule has 0 N–H and O–H groups in total. The van der Waals surface area contributed by atoms with Crippen molar-refractivity contribution in [1.82, 2.24) is 19.4 Å². The van der Waals surface area contributed by atoms with Crippen molar-refractivity contribution in [1.29, 1.82) is 5.26 Å². The Hall–Kier alpha value is -2.85. The van der Waals surface area contributed by atoms with Crippen molar-refractivity contribution in [3.63, 3.8) is 0 Å². The van der Waals surface area contributed by atoms with Gasteiger partial charge in [0.15, 0.2) is 0 Å². The van der Waals surface area contributed by atoms with Crippen LogP contribution in [0.5, 0.6) is 0 Å². The zero-order valence-corrected chi connectivity index (χ0v) is 14.5. The van der Waals surface area contributed by atoms with E-state index < -0.39 is 0 Å². The monoisotopic (exact) mass is 348 g/mol. The topological polar surface area (TPSA) is 74.1 Å². The summed E-state index contributed by atoms with van der Waals surface area (Å²) in [5, 5.41) is 9.37. The average Bonchev–Trinajstić information content (AvgIpc) is 3.32. The molecule has 7 nitrogen and oxygen atoms in total. The van der Waals surface area contributed by atoms with E-state index in [4.69, 9.17) is 4.42 Å². The highest BCUT2D eigenvalue weighted by atomic mass is 16.4. The molecule has 3 heterocycles. The molecule has 0 bridgehead atoms. The molecule has 2 aromatic heterocycles. The minimum absolute atomic E-state index is 0.423. The average molecular weight is 348 g/mol. The third-order valence-electron chi connectivity index (χ3n) is 5.20. The molecule has 1 saturated carbocycles. The second-order valence-corrected chi connectivity index (χ2v) is 7.04. The second-order valence-electron chi connectivity index (χ2n) is 7.04. The van der Waals surface area contributed by atoms with Crippen LogP contribution in [0.3, 0.4) is 0 Å². The summed E-state index contributed by atoms with van der Waals surface area (Å²) in [6, 6.07) is 10.4. The van der Waals surface area contributed by atoms with Crippen LogP contribution < -0.4 is 4.90 Å². The van der Waals surface area contributed by atoms with E-state index in [-0.39, 0.29) is 0 Å². The number of nitriles is 1. The fraction of sp³-hybridized carbons (Fsp3) is 0.421. The summed E-state index contributed by atoms with van der Waals surface area (Å²) in [4.78, 5) is 13.4. The first-order chi connectivity index (χ1) is 12.8. The van der Waals surface area contributed by atoms with Crippen LogP contribution in [-0.2, 0) is 6.67 Å². The Morgan fingerprint density at radius 3 is 2.73 bits per heavy atom. The number of hydrogen-bond donors (Lipinski definition) is 0. The second kappa shape index (κ2) is 6.15. The highest BCUT2D eigenvalue weighted by Gasteiger charge is 2.32. The molecular weight excluding hydrogens is 328 g/mol. The number of benzene rings is 1. The third-order valence-corrected chi connectivity index (χ3v) is 5.20. The van der Waals surface area contributed by atoms with Gasteiger partial charge in [0.1, 0.15) is 6.07 Å². The molecule has 0 radical (unpaired) electrons. The van der Waals surface area contributed by atoms with Crippen LogP contribution in [0.4, 0.5) is 5.88 Å². The Kier molecular flexibility index (Phi) is 3.64. The van der Waals surface area contributed by atoms with Gasteiger partial charge in [-0.1, -0.05) is 12.1 Å². The molecule has 1 aliphatic carbocycles. The summed E-state index contributed by atoms with van der Waals surface area (Å²) >= 11 is 0.